The van der Waals surface area contributed by atoms with Crippen LogP contribution in [0.5, 0.6) is 0 Å². The molecule has 0 bridgehead atoms. The number of hydrogen-bond acceptors (Lipinski definition) is 3. The summed E-state index contributed by atoms with van der Waals surface area (Å²) in [6.07, 6.45) is 0. The molecule has 4 nitrogen and oxygen atoms in total. The molecule has 0 radical (unpaired) electrons. The molecule has 0 aromatic heterocycles. The van der Waals surface area contributed by atoms with E-state index in [2.05, 4.69) is 0 Å². The smallest absolute Gasteiger partial charge is 0.327 e. The molecule has 0 aliphatic carbocycles. The molecule has 1 aromatic carbocycles. The molecule has 1 fully saturated rings. The Morgan fingerprint density at radius 3 is 2.78 bits per heavy atom. The van der Waals surface area contributed by atoms with Crippen LogP contribution in [-0.2, 0) is 4.79 Å². The minimum absolute atomic E-state index is 0.312. The second-order valence-electron chi connectivity index (χ2n) is 3.91. The van der Waals surface area contributed by atoms with Crippen LogP contribution in [0.2, 0.25) is 5.02 Å². The molecule has 1 atom stereocenters. The van der Waals surface area contributed by atoms with Gasteiger partial charge in [0, 0.05) is 18.1 Å². The third kappa shape index (κ3) is 2.62. The number of carboxylic acid groups (broad SMARTS) is 1. The van der Waals surface area contributed by atoms with E-state index in [9.17, 15) is 9.59 Å². The van der Waals surface area contributed by atoms with Crippen LogP contribution in [0.15, 0.2) is 24.3 Å². The van der Waals surface area contributed by atoms with Crippen LogP contribution in [0.1, 0.15) is 10.4 Å². The lowest BCUT2D eigenvalue weighted by molar-refractivity contribution is -0.141. The fraction of sp³-hybridized carbons (Fsp3) is 0.333. The van der Waals surface area contributed by atoms with E-state index in [4.69, 9.17) is 16.7 Å². The summed E-state index contributed by atoms with van der Waals surface area (Å²) in [5, 5.41) is 9.49. The molecule has 1 N–H and O–H groups in total. The molecule has 2 rings (SSSR count). The van der Waals surface area contributed by atoms with Crippen molar-refractivity contribution >= 4 is 35.2 Å². The van der Waals surface area contributed by atoms with Crippen molar-refractivity contribution in [3.05, 3.63) is 34.9 Å². The van der Waals surface area contributed by atoms with E-state index in [-0.39, 0.29) is 5.91 Å². The van der Waals surface area contributed by atoms with Gasteiger partial charge in [-0.3, -0.25) is 4.79 Å². The Labute approximate surface area is 114 Å². The zero-order valence-corrected chi connectivity index (χ0v) is 11.1. The van der Waals surface area contributed by atoms with Crippen molar-refractivity contribution in [1.82, 2.24) is 4.90 Å². The highest BCUT2D eigenvalue weighted by atomic mass is 35.5. The first-order valence-electron chi connectivity index (χ1n) is 5.47. The first-order chi connectivity index (χ1) is 8.61. The highest BCUT2D eigenvalue weighted by molar-refractivity contribution is 7.99. The lowest BCUT2D eigenvalue weighted by Gasteiger charge is -2.32. The summed E-state index contributed by atoms with van der Waals surface area (Å²) in [5.74, 6) is -0.109. The minimum atomic E-state index is -0.970. The van der Waals surface area contributed by atoms with E-state index >= 15 is 0 Å². The molecule has 1 aliphatic heterocycles. The van der Waals surface area contributed by atoms with Crippen LogP contribution in [0.3, 0.4) is 0 Å². The van der Waals surface area contributed by atoms with E-state index in [1.165, 1.54) is 4.90 Å². The minimum Gasteiger partial charge on any atom is -0.480 e. The Kier molecular flexibility index (Phi) is 4.14. The number of nitrogens with zero attached hydrogens (tertiary/aromatic N) is 1. The van der Waals surface area contributed by atoms with Crippen molar-refractivity contribution < 1.29 is 14.7 Å². The summed E-state index contributed by atoms with van der Waals surface area (Å²) >= 11 is 7.51. The zero-order chi connectivity index (χ0) is 13.1. The number of aliphatic carboxylic acids is 1. The second kappa shape index (κ2) is 5.63. The molecular weight excluding hydrogens is 274 g/mol. The van der Waals surface area contributed by atoms with Gasteiger partial charge in [0.1, 0.15) is 6.04 Å². The number of amides is 1. The summed E-state index contributed by atoms with van der Waals surface area (Å²) in [4.78, 5) is 24.8. The van der Waals surface area contributed by atoms with Crippen LogP contribution < -0.4 is 0 Å². The fourth-order valence-electron chi connectivity index (χ4n) is 1.84. The van der Waals surface area contributed by atoms with Crippen LogP contribution in [-0.4, -0.2) is 46.0 Å². The molecule has 0 spiro atoms. The van der Waals surface area contributed by atoms with Gasteiger partial charge in [-0.25, -0.2) is 4.79 Å². The molecular formula is C12H12ClNO3S. The van der Waals surface area contributed by atoms with E-state index in [0.29, 0.717) is 22.9 Å². The summed E-state index contributed by atoms with van der Waals surface area (Å²) in [7, 11) is 0. The predicted molar refractivity (Wildman–Crippen MR) is 71.2 cm³/mol. The number of thioether (sulfide) groups is 1. The summed E-state index contributed by atoms with van der Waals surface area (Å²) in [6.45, 7) is 0.436. The Bertz CT molecular complexity index is 480. The molecule has 1 aromatic rings. The normalized spacial score (nSPS) is 19.6. The maximum absolute atomic E-state index is 12.3. The second-order valence-corrected chi connectivity index (χ2v) is 5.46. The summed E-state index contributed by atoms with van der Waals surface area (Å²) in [6, 6.07) is 5.93. The third-order valence-electron chi connectivity index (χ3n) is 2.78. The van der Waals surface area contributed by atoms with Gasteiger partial charge >= 0.3 is 5.97 Å². The molecule has 96 valence electrons. The van der Waals surface area contributed by atoms with Crippen molar-refractivity contribution in [2.75, 3.05) is 18.1 Å². The van der Waals surface area contributed by atoms with E-state index in [1.54, 1.807) is 36.0 Å². The van der Waals surface area contributed by atoms with Crippen LogP contribution in [0, 0.1) is 0 Å². The number of hydrogen-bond donors (Lipinski definition) is 1. The van der Waals surface area contributed by atoms with Crippen LogP contribution in [0.25, 0.3) is 0 Å². The monoisotopic (exact) mass is 285 g/mol. The number of carboxylic acids is 1. The first kappa shape index (κ1) is 13.2. The highest BCUT2D eigenvalue weighted by Gasteiger charge is 2.33. The fourth-order valence-corrected chi connectivity index (χ4v) is 3.10. The molecule has 1 saturated heterocycles. The van der Waals surface area contributed by atoms with Crippen LogP contribution in [0.4, 0.5) is 0 Å². The maximum Gasteiger partial charge on any atom is 0.327 e. The third-order valence-corrected chi connectivity index (χ3v) is 4.13. The largest absolute Gasteiger partial charge is 0.480 e. The average Bonchev–Trinajstić information content (AvgIpc) is 2.38. The lowest BCUT2D eigenvalue weighted by Crippen LogP contribution is -2.50. The maximum atomic E-state index is 12.3. The topological polar surface area (TPSA) is 57.6 Å². The molecule has 1 unspecified atom stereocenters. The molecule has 18 heavy (non-hydrogen) atoms. The Balaban J connectivity index is 2.27. The van der Waals surface area contributed by atoms with Gasteiger partial charge in [0.15, 0.2) is 0 Å². The van der Waals surface area contributed by atoms with E-state index < -0.39 is 12.0 Å². The summed E-state index contributed by atoms with van der Waals surface area (Å²) < 4.78 is 0. The van der Waals surface area contributed by atoms with Crippen LogP contribution >= 0.6 is 23.4 Å². The van der Waals surface area contributed by atoms with E-state index in [0.717, 1.165) is 5.75 Å². The quantitative estimate of drug-likeness (QED) is 0.903. The average molecular weight is 286 g/mol. The van der Waals surface area contributed by atoms with E-state index in [1.807, 2.05) is 0 Å². The lowest BCUT2D eigenvalue weighted by atomic mass is 10.1. The summed E-state index contributed by atoms with van der Waals surface area (Å²) in [5.41, 5.74) is 0.359. The number of halogens is 1. The number of carbonyl (C=O) groups is 2. The van der Waals surface area contributed by atoms with Gasteiger partial charge in [-0.2, -0.15) is 11.8 Å². The molecule has 1 aliphatic rings. The highest BCUT2D eigenvalue weighted by Crippen LogP contribution is 2.22. The van der Waals surface area contributed by atoms with Gasteiger partial charge in [0.2, 0.25) is 0 Å². The SMILES string of the molecule is O=C(O)C1CSCCN1C(=O)c1ccccc1Cl. The number of rotatable bonds is 2. The van der Waals surface area contributed by atoms with Gasteiger partial charge in [-0.15, -0.1) is 0 Å². The van der Waals surface area contributed by atoms with Crippen molar-refractivity contribution in [1.29, 1.82) is 0 Å². The molecule has 1 heterocycles. The van der Waals surface area contributed by atoms with Crippen molar-refractivity contribution in [3.8, 4) is 0 Å². The van der Waals surface area contributed by atoms with Gasteiger partial charge in [0.25, 0.3) is 5.91 Å². The molecule has 1 amide bonds. The van der Waals surface area contributed by atoms with Gasteiger partial charge in [0.05, 0.1) is 10.6 Å². The molecule has 6 heteroatoms. The van der Waals surface area contributed by atoms with Crippen molar-refractivity contribution in [3.63, 3.8) is 0 Å². The van der Waals surface area contributed by atoms with Gasteiger partial charge in [-0.05, 0) is 12.1 Å². The number of benzene rings is 1. The Hall–Kier alpha value is -1.20. The standard InChI is InChI=1S/C12H12ClNO3S/c13-9-4-2-1-3-8(9)11(15)14-5-6-18-7-10(14)12(16)17/h1-4,10H,5-7H2,(H,16,17). The Morgan fingerprint density at radius 1 is 1.39 bits per heavy atom. The number of carbonyl (C=O) groups excluding carboxylic acids is 1. The van der Waals surface area contributed by atoms with Crippen molar-refractivity contribution in [2.24, 2.45) is 0 Å². The Morgan fingerprint density at radius 2 is 2.11 bits per heavy atom. The van der Waals surface area contributed by atoms with Crippen molar-refractivity contribution in [2.45, 2.75) is 6.04 Å². The van der Waals surface area contributed by atoms with Gasteiger partial charge < -0.3 is 10.0 Å². The zero-order valence-electron chi connectivity index (χ0n) is 9.51. The molecule has 0 saturated carbocycles. The predicted octanol–water partition coefficient (Wildman–Crippen LogP) is 1.98. The first-order valence-corrected chi connectivity index (χ1v) is 7.00. The van der Waals surface area contributed by atoms with Gasteiger partial charge in [-0.1, -0.05) is 23.7 Å².